The zero-order valence-corrected chi connectivity index (χ0v) is 14.0. The number of rotatable bonds is 8. The molecule has 1 N–H and O–H groups in total. The van der Waals surface area contributed by atoms with Crippen LogP contribution in [0.15, 0.2) is 30.3 Å². The Morgan fingerprint density at radius 1 is 1.32 bits per heavy atom. The van der Waals surface area contributed by atoms with Gasteiger partial charge in [-0.15, -0.1) is 0 Å². The third kappa shape index (κ3) is 5.59. The number of nitrogens with one attached hydrogen (secondary N) is 1. The molecule has 1 atom stereocenters. The zero-order chi connectivity index (χ0) is 15.8. The minimum atomic E-state index is -3.13. The van der Waals surface area contributed by atoms with Crippen molar-refractivity contribution >= 4 is 15.7 Å². The topological polar surface area (TPSA) is 58.6 Å². The lowest BCUT2D eigenvalue weighted by atomic mass is 10.2. The Morgan fingerprint density at radius 3 is 2.82 bits per heavy atom. The van der Waals surface area contributed by atoms with E-state index in [-0.39, 0.29) is 11.9 Å². The molecule has 22 heavy (non-hydrogen) atoms. The van der Waals surface area contributed by atoms with Crippen LogP contribution in [0.25, 0.3) is 0 Å². The Morgan fingerprint density at radius 2 is 2.09 bits per heavy atom. The number of sulfonamides is 1. The normalized spacial score (nSPS) is 19.3. The molecule has 0 saturated carbocycles. The van der Waals surface area contributed by atoms with Gasteiger partial charge in [-0.25, -0.2) is 13.1 Å². The van der Waals surface area contributed by atoms with Gasteiger partial charge in [-0.2, -0.15) is 0 Å². The lowest BCUT2D eigenvalue weighted by Crippen LogP contribution is -2.44. The molecular weight excluding hydrogens is 300 g/mol. The molecular formula is C16H26N2O3S. The molecule has 0 aliphatic carbocycles. The molecule has 5 nitrogen and oxygen atoms in total. The van der Waals surface area contributed by atoms with E-state index in [1.165, 1.54) is 5.69 Å². The van der Waals surface area contributed by atoms with Gasteiger partial charge in [0.2, 0.25) is 10.0 Å². The van der Waals surface area contributed by atoms with Crippen LogP contribution in [0.5, 0.6) is 0 Å². The molecule has 0 spiro atoms. The van der Waals surface area contributed by atoms with Gasteiger partial charge in [0.25, 0.3) is 0 Å². The molecule has 2 rings (SSSR count). The predicted octanol–water partition coefficient (Wildman–Crippen LogP) is 2.00. The fourth-order valence-electron chi connectivity index (χ4n) is 2.55. The van der Waals surface area contributed by atoms with Crippen molar-refractivity contribution in [2.24, 2.45) is 0 Å². The van der Waals surface area contributed by atoms with E-state index in [1.54, 1.807) is 0 Å². The summed E-state index contributed by atoms with van der Waals surface area (Å²) < 4.78 is 31.9. The Hall–Kier alpha value is -1.11. The molecule has 1 fully saturated rings. The van der Waals surface area contributed by atoms with Crippen LogP contribution in [0.1, 0.15) is 26.2 Å². The zero-order valence-electron chi connectivity index (χ0n) is 13.2. The quantitative estimate of drug-likeness (QED) is 0.794. The van der Waals surface area contributed by atoms with Crippen molar-refractivity contribution < 1.29 is 13.2 Å². The largest absolute Gasteiger partial charge is 0.374 e. The smallest absolute Gasteiger partial charge is 0.211 e. The van der Waals surface area contributed by atoms with Gasteiger partial charge in [0.05, 0.1) is 18.5 Å². The summed E-state index contributed by atoms with van der Waals surface area (Å²) in [7, 11) is -3.13. The Bertz CT molecular complexity index is 534. The van der Waals surface area contributed by atoms with Crippen LogP contribution in [-0.4, -0.2) is 46.5 Å². The van der Waals surface area contributed by atoms with Gasteiger partial charge in [0.1, 0.15) is 0 Å². The van der Waals surface area contributed by atoms with Gasteiger partial charge in [-0.05, 0) is 25.0 Å². The first-order valence-electron chi connectivity index (χ1n) is 7.99. The molecule has 1 aliphatic rings. The Kier molecular flexibility index (Phi) is 6.67. The predicted molar refractivity (Wildman–Crippen MR) is 89.7 cm³/mol. The van der Waals surface area contributed by atoms with Gasteiger partial charge in [0, 0.05) is 25.3 Å². The number of hydrogen-bond acceptors (Lipinski definition) is 4. The van der Waals surface area contributed by atoms with E-state index in [0.717, 1.165) is 19.5 Å². The van der Waals surface area contributed by atoms with Gasteiger partial charge < -0.3 is 9.64 Å². The summed E-state index contributed by atoms with van der Waals surface area (Å²) in [4.78, 5) is 2.29. The summed E-state index contributed by atoms with van der Waals surface area (Å²) in [5.74, 6) is 0.213. The maximum Gasteiger partial charge on any atom is 0.211 e. The Labute approximate surface area is 133 Å². The second kappa shape index (κ2) is 8.50. The van der Waals surface area contributed by atoms with Crippen LogP contribution in [-0.2, 0) is 14.8 Å². The monoisotopic (exact) mass is 326 g/mol. The van der Waals surface area contributed by atoms with Crippen LogP contribution >= 0.6 is 0 Å². The lowest BCUT2D eigenvalue weighted by Gasteiger charge is -2.34. The highest BCUT2D eigenvalue weighted by atomic mass is 32.2. The lowest BCUT2D eigenvalue weighted by molar-refractivity contribution is 0.0363. The van der Waals surface area contributed by atoms with E-state index in [9.17, 15) is 8.42 Å². The summed E-state index contributed by atoms with van der Waals surface area (Å²) in [6, 6.07) is 10.3. The number of ether oxygens (including phenoxy) is 1. The molecule has 1 aromatic rings. The van der Waals surface area contributed by atoms with Crippen LogP contribution in [0, 0.1) is 0 Å². The molecule has 1 aromatic carbocycles. The van der Waals surface area contributed by atoms with E-state index < -0.39 is 10.0 Å². The van der Waals surface area contributed by atoms with Crippen molar-refractivity contribution in [3.63, 3.8) is 0 Å². The molecule has 124 valence electrons. The van der Waals surface area contributed by atoms with Crippen molar-refractivity contribution in [1.82, 2.24) is 4.72 Å². The second-order valence-corrected chi connectivity index (χ2v) is 7.56. The van der Waals surface area contributed by atoms with Crippen LogP contribution in [0.2, 0.25) is 0 Å². The van der Waals surface area contributed by atoms with Crippen molar-refractivity contribution in [1.29, 1.82) is 0 Å². The van der Waals surface area contributed by atoms with Crippen LogP contribution in [0.4, 0.5) is 5.69 Å². The molecule has 1 unspecified atom stereocenters. The molecule has 0 radical (unpaired) electrons. The molecule has 1 heterocycles. The SMILES string of the molecule is CCCCS(=O)(=O)NCCC1CN(c2ccccc2)CCO1. The first-order valence-corrected chi connectivity index (χ1v) is 9.65. The number of morpholine rings is 1. The highest BCUT2D eigenvalue weighted by Crippen LogP contribution is 2.18. The average molecular weight is 326 g/mol. The minimum Gasteiger partial charge on any atom is -0.374 e. The number of nitrogens with zero attached hydrogens (tertiary/aromatic N) is 1. The summed E-state index contributed by atoms with van der Waals surface area (Å²) in [5.41, 5.74) is 1.19. The average Bonchev–Trinajstić information content (AvgIpc) is 2.54. The fourth-order valence-corrected chi connectivity index (χ4v) is 3.79. The third-order valence-corrected chi connectivity index (χ3v) is 5.29. The van der Waals surface area contributed by atoms with Crippen molar-refractivity contribution in [3.8, 4) is 0 Å². The number of benzene rings is 1. The fraction of sp³-hybridized carbons (Fsp3) is 0.625. The van der Waals surface area contributed by atoms with Gasteiger partial charge >= 0.3 is 0 Å². The minimum absolute atomic E-state index is 0.0721. The molecule has 1 aliphatic heterocycles. The second-order valence-electron chi connectivity index (χ2n) is 5.63. The van der Waals surface area contributed by atoms with E-state index in [2.05, 4.69) is 21.8 Å². The highest BCUT2D eigenvalue weighted by molar-refractivity contribution is 7.89. The van der Waals surface area contributed by atoms with Gasteiger partial charge in [0.15, 0.2) is 0 Å². The number of para-hydroxylation sites is 1. The van der Waals surface area contributed by atoms with Crippen LogP contribution in [0.3, 0.4) is 0 Å². The third-order valence-electron chi connectivity index (χ3n) is 3.82. The highest BCUT2D eigenvalue weighted by Gasteiger charge is 2.21. The van der Waals surface area contributed by atoms with E-state index in [4.69, 9.17) is 4.74 Å². The molecule has 6 heteroatoms. The van der Waals surface area contributed by atoms with Crippen molar-refractivity contribution in [2.45, 2.75) is 32.3 Å². The summed E-state index contributed by atoms with van der Waals surface area (Å²) >= 11 is 0. The standard InChI is InChI=1S/C16H26N2O3S/c1-2-3-13-22(19,20)17-10-9-16-14-18(11-12-21-16)15-7-5-4-6-8-15/h4-8,16-17H,2-3,9-14H2,1H3. The maximum absolute atomic E-state index is 11.8. The van der Waals surface area contributed by atoms with E-state index >= 15 is 0 Å². The number of anilines is 1. The first-order chi connectivity index (χ1) is 10.6. The van der Waals surface area contributed by atoms with Gasteiger partial charge in [-0.3, -0.25) is 0 Å². The number of hydrogen-bond donors (Lipinski definition) is 1. The maximum atomic E-state index is 11.8. The molecule has 1 saturated heterocycles. The number of unbranched alkanes of at least 4 members (excludes halogenated alkanes) is 1. The molecule has 0 amide bonds. The Balaban J connectivity index is 1.77. The summed E-state index contributed by atoms with van der Waals surface area (Å²) in [5, 5.41) is 0. The summed E-state index contributed by atoms with van der Waals surface area (Å²) in [6.45, 7) is 4.80. The first kappa shape index (κ1) is 17.2. The summed E-state index contributed by atoms with van der Waals surface area (Å²) in [6.07, 6.45) is 2.37. The van der Waals surface area contributed by atoms with Crippen molar-refractivity contribution in [2.75, 3.05) is 36.9 Å². The molecule has 0 aromatic heterocycles. The van der Waals surface area contributed by atoms with E-state index in [1.807, 2.05) is 25.1 Å². The van der Waals surface area contributed by atoms with Crippen molar-refractivity contribution in [3.05, 3.63) is 30.3 Å². The van der Waals surface area contributed by atoms with Gasteiger partial charge in [-0.1, -0.05) is 31.5 Å². The molecule has 0 bridgehead atoms. The van der Waals surface area contributed by atoms with Crippen LogP contribution < -0.4 is 9.62 Å². The van der Waals surface area contributed by atoms with E-state index in [0.29, 0.717) is 26.0 Å².